The van der Waals surface area contributed by atoms with Crippen LogP contribution < -0.4 is 5.73 Å². The van der Waals surface area contributed by atoms with Gasteiger partial charge in [-0.3, -0.25) is 0 Å². The van der Waals surface area contributed by atoms with Crippen LogP contribution in [0.2, 0.25) is 0 Å². The number of aryl methyl sites for hydroxylation is 2. The standard InChI is InChI=1S/C12H16F2N2/c13-12(14)6-11(15,7-12)10-5-8-3-1-2-4-9(8)16-10/h5,16H,1-4,6-7,15H2. The largest absolute Gasteiger partial charge is 0.360 e. The van der Waals surface area contributed by atoms with Crippen molar-refractivity contribution in [3.05, 3.63) is 23.0 Å². The fraction of sp³-hybridized carbons (Fsp3) is 0.667. The van der Waals surface area contributed by atoms with Crippen molar-refractivity contribution >= 4 is 0 Å². The van der Waals surface area contributed by atoms with E-state index in [1.165, 1.54) is 24.1 Å². The predicted octanol–water partition coefficient (Wildman–Crippen LogP) is 2.48. The number of H-pyrrole nitrogens is 1. The van der Waals surface area contributed by atoms with E-state index >= 15 is 0 Å². The Kier molecular flexibility index (Phi) is 1.97. The lowest BCUT2D eigenvalue weighted by Crippen LogP contribution is -2.55. The summed E-state index contributed by atoms with van der Waals surface area (Å²) in [5.41, 5.74) is 8.48. The lowest BCUT2D eigenvalue weighted by molar-refractivity contribution is -0.126. The van der Waals surface area contributed by atoms with E-state index in [0.29, 0.717) is 0 Å². The number of aromatic amines is 1. The Morgan fingerprint density at radius 2 is 1.88 bits per heavy atom. The van der Waals surface area contributed by atoms with E-state index in [2.05, 4.69) is 4.98 Å². The lowest BCUT2D eigenvalue weighted by atomic mass is 9.72. The van der Waals surface area contributed by atoms with Gasteiger partial charge < -0.3 is 10.7 Å². The van der Waals surface area contributed by atoms with Gasteiger partial charge in [-0.2, -0.15) is 0 Å². The number of aromatic nitrogens is 1. The molecule has 3 N–H and O–H groups in total. The van der Waals surface area contributed by atoms with Gasteiger partial charge in [0, 0.05) is 24.2 Å². The molecule has 88 valence electrons. The molecule has 1 saturated carbocycles. The second-order valence-corrected chi connectivity index (χ2v) is 5.26. The van der Waals surface area contributed by atoms with Gasteiger partial charge >= 0.3 is 0 Å². The molecule has 0 spiro atoms. The van der Waals surface area contributed by atoms with Crippen molar-refractivity contribution in [2.24, 2.45) is 5.73 Å². The Bertz CT molecular complexity index is 391. The molecule has 0 atom stereocenters. The normalized spacial score (nSPS) is 25.9. The number of halogens is 2. The molecule has 2 nitrogen and oxygen atoms in total. The van der Waals surface area contributed by atoms with Crippen LogP contribution in [0.1, 0.15) is 42.6 Å². The van der Waals surface area contributed by atoms with Crippen LogP contribution in [-0.4, -0.2) is 10.9 Å². The van der Waals surface area contributed by atoms with Crippen LogP contribution in [0.4, 0.5) is 8.78 Å². The molecule has 1 aromatic rings. The van der Waals surface area contributed by atoms with E-state index in [4.69, 9.17) is 5.73 Å². The number of nitrogens with one attached hydrogen (secondary N) is 1. The first-order valence-corrected chi connectivity index (χ1v) is 5.87. The van der Waals surface area contributed by atoms with Crippen molar-refractivity contribution in [3.63, 3.8) is 0 Å². The summed E-state index contributed by atoms with van der Waals surface area (Å²) in [6, 6.07) is 2.00. The second-order valence-electron chi connectivity index (χ2n) is 5.26. The number of nitrogens with two attached hydrogens (primary N) is 1. The monoisotopic (exact) mass is 226 g/mol. The maximum atomic E-state index is 12.9. The first-order valence-electron chi connectivity index (χ1n) is 5.87. The summed E-state index contributed by atoms with van der Waals surface area (Å²) >= 11 is 0. The Hall–Kier alpha value is -0.900. The van der Waals surface area contributed by atoms with E-state index < -0.39 is 11.5 Å². The molecular weight excluding hydrogens is 210 g/mol. The molecule has 0 aliphatic heterocycles. The maximum Gasteiger partial charge on any atom is 0.252 e. The number of hydrogen-bond donors (Lipinski definition) is 2. The predicted molar refractivity (Wildman–Crippen MR) is 57.5 cm³/mol. The average molecular weight is 226 g/mol. The molecule has 0 bridgehead atoms. The summed E-state index contributed by atoms with van der Waals surface area (Å²) < 4.78 is 25.8. The van der Waals surface area contributed by atoms with E-state index in [1.54, 1.807) is 0 Å². The first-order chi connectivity index (χ1) is 7.49. The van der Waals surface area contributed by atoms with Crippen molar-refractivity contribution in [2.45, 2.75) is 50.0 Å². The molecule has 1 fully saturated rings. The Morgan fingerprint density at radius 1 is 1.19 bits per heavy atom. The Labute approximate surface area is 93.2 Å². The van der Waals surface area contributed by atoms with Crippen molar-refractivity contribution in [1.82, 2.24) is 4.98 Å². The summed E-state index contributed by atoms with van der Waals surface area (Å²) in [5, 5.41) is 0. The van der Waals surface area contributed by atoms with E-state index in [-0.39, 0.29) is 12.8 Å². The van der Waals surface area contributed by atoms with Gasteiger partial charge in [0.25, 0.3) is 5.92 Å². The number of fused-ring (bicyclic) bond motifs is 1. The molecule has 1 heterocycles. The third-order valence-electron chi connectivity index (χ3n) is 3.80. The van der Waals surface area contributed by atoms with Crippen molar-refractivity contribution in [3.8, 4) is 0 Å². The molecule has 1 aromatic heterocycles. The number of hydrogen-bond acceptors (Lipinski definition) is 1. The zero-order valence-corrected chi connectivity index (χ0v) is 9.15. The fourth-order valence-electron chi connectivity index (χ4n) is 2.93. The number of rotatable bonds is 1. The minimum atomic E-state index is -2.57. The fourth-order valence-corrected chi connectivity index (χ4v) is 2.93. The van der Waals surface area contributed by atoms with Crippen LogP contribution >= 0.6 is 0 Å². The van der Waals surface area contributed by atoms with Crippen molar-refractivity contribution < 1.29 is 8.78 Å². The van der Waals surface area contributed by atoms with Crippen molar-refractivity contribution in [2.75, 3.05) is 0 Å². The van der Waals surface area contributed by atoms with Gasteiger partial charge in [0.05, 0.1) is 5.54 Å². The topological polar surface area (TPSA) is 41.8 Å². The Balaban J connectivity index is 1.88. The SMILES string of the molecule is NC1(c2cc3c([nH]2)CCCC3)CC(F)(F)C1. The van der Waals surface area contributed by atoms with Crippen LogP contribution in [0.25, 0.3) is 0 Å². The van der Waals surface area contributed by atoms with Gasteiger partial charge in [0.2, 0.25) is 0 Å². The highest BCUT2D eigenvalue weighted by Gasteiger charge is 2.56. The van der Waals surface area contributed by atoms with E-state index in [9.17, 15) is 8.78 Å². The minimum absolute atomic E-state index is 0.223. The second kappa shape index (κ2) is 3.06. The number of alkyl halides is 2. The molecule has 2 aliphatic rings. The van der Waals surface area contributed by atoms with Gasteiger partial charge in [-0.25, -0.2) is 8.78 Å². The van der Waals surface area contributed by atoms with Crippen LogP contribution in [-0.2, 0) is 18.4 Å². The van der Waals surface area contributed by atoms with E-state index in [1.807, 2.05) is 6.07 Å². The molecule has 16 heavy (non-hydrogen) atoms. The molecule has 0 saturated heterocycles. The van der Waals surface area contributed by atoms with Gasteiger partial charge in [0.15, 0.2) is 0 Å². The lowest BCUT2D eigenvalue weighted by Gasteiger charge is -2.43. The summed E-state index contributed by atoms with van der Waals surface area (Å²) in [6.07, 6.45) is 4.01. The molecule has 0 radical (unpaired) electrons. The summed E-state index contributed by atoms with van der Waals surface area (Å²) in [5.74, 6) is -2.57. The van der Waals surface area contributed by atoms with Crippen LogP contribution in [0.5, 0.6) is 0 Å². The molecule has 2 aliphatic carbocycles. The first kappa shape index (κ1) is 10.3. The summed E-state index contributed by atoms with van der Waals surface area (Å²) in [6.45, 7) is 0. The molecular formula is C12H16F2N2. The molecule has 4 heteroatoms. The molecule has 0 aromatic carbocycles. The van der Waals surface area contributed by atoms with Crippen LogP contribution in [0.3, 0.4) is 0 Å². The highest BCUT2D eigenvalue weighted by atomic mass is 19.3. The van der Waals surface area contributed by atoms with Gasteiger partial charge in [-0.1, -0.05) is 0 Å². The molecule has 0 unspecified atom stereocenters. The highest BCUT2D eigenvalue weighted by Crippen LogP contribution is 2.49. The van der Waals surface area contributed by atoms with Gasteiger partial charge in [0.1, 0.15) is 0 Å². The van der Waals surface area contributed by atoms with Crippen molar-refractivity contribution in [1.29, 1.82) is 0 Å². The van der Waals surface area contributed by atoms with E-state index in [0.717, 1.165) is 18.5 Å². The highest BCUT2D eigenvalue weighted by molar-refractivity contribution is 5.34. The summed E-state index contributed by atoms with van der Waals surface area (Å²) in [7, 11) is 0. The van der Waals surface area contributed by atoms with Gasteiger partial charge in [-0.05, 0) is 37.3 Å². The van der Waals surface area contributed by atoms with Crippen LogP contribution in [0, 0.1) is 0 Å². The summed E-state index contributed by atoms with van der Waals surface area (Å²) in [4.78, 5) is 3.26. The third kappa shape index (κ3) is 1.47. The molecule has 3 rings (SSSR count). The Morgan fingerprint density at radius 3 is 2.50 bits per heavy atom. The smallest absolute Gasteiger partial charge is 0.252 e. The zero-order chi connectivity index (χ0) is 11.4. The molecule has 0 amide bonds. The minimum Gasteiger partial charge on any atom is -0.360 e. The maximum absolute atomic E-state index is 12.9. The zero-order valence-electron chi connectivity index (χ0n) is 9.15. The van der Waals surface area contributed by atoms with Gasteiger partial charge in [-0.15, -0.1) is 0 Å². The third-order valence-corrected chi connectivity index (χ3v) is 3.80. The average Bonchev–Trinajstić information content (AvgIpc) is 2.57. The van der Waals surface area contributed by atoms with Crippen LogP contribution in [0.15, 0.2) is 6.07 Å². The quantitative estimate of drug-likeness (QED) is 0.759.